The number of piperazine rings is 1. The number of carbonyl (C=O) groups is 2. The number of methoxy groups -OCH3 is 1. The van der Waals surface area contributed by atoms with E-state index in [2.05, 4.69) is 10.1 Å². The van der Waals surface area contributed by atoms with Crippen LogP contribution in [0.5, 0.6) is 0 Å². The smallest absolute Gasteiger partial charge is 0.305 e. The van der Waals surface area contributed by atoms with E-state index in [9.17, 15) is 18.0 Å². The number of ether oxygens (including phenoxy) is 1. The van der Waals surface area contributed by atoms with Gasteiger partial charge in [0, 0.05) is 13.0 Å². The number of hydrogen-bond donors (Lipinski definition) is 2. The maximum Gasteiger partial charge on any atom is 0.305 e. The summed E-state index contributed by atoms with van der Waals surface area (Å²) in [6.07, 6.45) is 0.815. The van der Waals surface area contributed by atoms with Gasteiger partial charge < -0.3 is 15.0 Å². The Labute approximate surface area is 160 Å². The first-order valence-corrected chi connectivity index (χ1v) is 10.5. The molecule has 2 rings (SSSR count). The number of aryl methyl sites for hydroxylation is 1. The predicted octanol–water partition coefficient (Wildman–Crippen LogP) is -1.05. The molecule has 0 unspecified atom stereocenters. The van der Waals surface area contributed by atoms with Crippen LogP contribution in [0, 0.1) is 6.92 Å². The molecule has 2 N–H and O–H groups in total. The third kappa shape index (κ3) is 6.30. The number of rotatable bonds is 8. The number of amides is 1. The van der Waals surface area contributed by atoms with Gasteiger partial charge in [0.2, 0.25) is 10.0 Å². The molecule has 0 radical (unpaired) electrons. The van der Waals surface area contributed by atoms with Gasteiger partial charge in [-0.25, -0.2) is 8.42 Å². The minimum atomic E-state index is -3.48. The SMILES string of the molecule is COC(=O)CCCNC(=O)C[NH+]1CCN(S(=O)(=O)c2ccc(C)cc2)CC1. The van der Waals surface area contributed by atoms with Crippen molar-refractivity contribution in [1.82, 2.24) is 9.62 Å². The second-order valence-electron chi connectivity index (χ2n) is 6.67. The average molecular weight is 399 g/mol. The zero-order valence-corrected chi connectivity index (χ0v) is 16.7. The number of esters is 1. The summed E-state index contributed by atoms with van der Waals surface area (Å²) in [5, 5.41) is 2.78. The van der Waals surface area contributed by atoms with E-state index in [0.717, 1.165) is 10.5 Å². The van der Waals surface area contributed by atoms with Gasteiger partial charge in [-0.2, -0.15) is 4.31 Å². The molecule has 0 saturated carbocycles. The summed E-state index contributed by atoms with van der Waals surface area (Å²) in [5.41, 5.74) is 1.01. The normalized spacial score (nSPS) is 16.1. The molecule has 1 aliphatic heterocycles. The molecule has 1 fully saturated rings. The lowest BCUT2D eigenvalue weighted by molar-refractivity contribution is -0.895. The zero-order chi connectivity index (χ0) is 19.9. The van der Waals surface area contributed by atoms with Crippen LogP contribution in [-0.2, 0) is 24.3 Å². The lowest BCUT2D eigenvalue weighted by Gasteiger charge is -2.31. The third-order valence-corrected chi connectivity index (χ3v) is 6.52. The maximum atomic E-state index is 12.7. The van der Waals surface area contributed by atoms with Gasteiger partial charge >= 0.3 is 5.97 Å². The molecule has 1 saturated heterocycles. The molecular weight excluding hydrogens is 370 g/mol. The molecule has 1 aliphatic rings. The highest BCUT2D eigenvalue weighted by Gasteiger charge is 2.30. The monoisotopic (exact) mass is 398 g/mol. The zero-order valence-electron chi connectivity index (χ0n) is 15.9. The molecule has 0 aromatic heterocycles. The molecule has 1 aromatic carbocycles. The maximum absolute atomic E-state index is 12.7. The molecule has 0 spiro atoms. The standard InChI is InChI=1S/C18H27N3O5S/c1-15-5-7-16(8-6-15)27(24,25)21-12-10-20(11-13-21)14-17(22)19-9-3-4-18(23)26-2/h5-8H,3-4,9-14H2,1-2H3,(H,19,22)/p+1. The van der Waals surface area contributed by atoms with Crippen LogP contribution in [0.3, 0.4) is 0 Å². The van der Waals surface area contributed by atoms with Gasteiger partial charge in [-0.05, 0) is 25.5 Å². The van der Waals surface area contributed by atoms with Crippen molar-refractivity contribution in [3.8, 4) is 0 Å². The Morgan fingerprint density at radius 3 is 2.41 bits per heavy atom. The van der Waals surface area contributed by atoms with E-state index in [1.807, 2.05) is 6.92 Å². The molecule has 1 heterocycles. The second kappa shape index (κ2) is 9.82. The van der Waals surface area contributed by atoms with Gasteiger partial charge in [-0.1, -0.05) is 17.7 Å². The summed E-state index contributed by atoms with van der Waals surface area (Å²) in [6.45, 7) is 4.59. The van der Waals surface area contributed by atoms with E-state index in [1.165, 1.54) is 11.4 Å². The Balaban J connectivity index is 1.75. The fourth-order valence-electron chi connectivity index (χ4n) is 2.93. The number of nitrogens with one attached hydrogen (secondary N) is 2. The van der Waals surface area contributed by atoms with Crippen molar-refractivity contribution in [2.75, 3.05) is 46.4 Å². The van der Waals surface area contributed by atoms with Crippen molar-refractivity contribution in [2.24, 2.45) is 0 Å². The van der Waals surface area contributed by atoms with Gasteiger partial charge in [-0.15, -0.1) is 0 Å². The molecule has 0 bridgehead atoms. The number of benzene rings is 1. The summed E-state index contributed by atoms with van der Waals surface area (Å²) < 4.78 is 31.4. The van der Waals surface area contributed by atoms with Gasteiger partial charge in [-0.3, -0.25) is 9.59 Å². The highest BCUT2D eigenvalue weighted by Crippen LogP contribution is 2.16. The Morgan fingerprint density at radius 1 is 1.19 bits per heavy atom. The fraction of sp³-hybridized carbons (Fsp3) is 0.556. The summed E-state index contributed by atoms with van der Waals surface area (Å²) in [4.78, 5) is 24.3. The summed E-state index contributed by atoms with van der Waals surface area (Å²) in [5.74, 6) is -0.384. The Hall–Kier alpha value is -1.97. The summed E-state index contributed by atoms with van der Waals surface area (Å²) >= 11 is 0. The molecule has 9 heteroatoms. The molecular formula is C18H28N3O5S+. The average Bonchev–Trinajstić information content (AvgIpc) is 2.66. The van der Waals surface area contributed by atoms with Crippen LogP contribution < -0.4 is 10.2 Å². The van der Waals surface area contributed by atoms with Crippen LogP contribution in [0.4, 0.5) is 0 Å². The van der Waals surface area contributed by atoms with E-state index in [4.69, 9.17) is 0 Å². The van der Waals surface area contributed by atoms with Gasteiger partial charge in [0.25, 0.3) is 5.91 Å². The number of carbonyl (C=O) groups excluding carboxylic acids is 2. The van der Waals surface area contributed by atoms with E-state index in [0.29, 0.717) is 50.6 Å². The number of nitrogens with zero attached hydrogens (tertiary/aromatic N) is 1. The van der Waals surface area contributed by atoms with Crippen LogP contribution in [0.1, 0.15) is 18.4 Å². The van der Waals surface area contributed by atoms with Crippen LogP contribution in [0.25, 0.3) is 0 Å². The molecule has 1 amide bonds. The van der Waals surface area contributed by atoms with E-state index < -0.39 is 10.0 Å². The van der Waals surface area contributed by atoms with E-state index >= 15 is 0 Å². The third-order valence-electron chi connectivity index (χ3n) is 4.61. The van der Waals surface area contributed by atoms with Crippen LogP contribution in [0.2, 0.25) is 0 Å². The Morgan fingerprint density at radius 2 is 1.81 bits per heavy atom. The lowest BCUT2D eigenvalue weighted by Crippen LogP contribution is -3.15. The first-order valence-electron chi connectivity index (χ1n) is 9.07. The predicted molar refractivity (Wildman–Crippen MR) is 99.8 cm³/mol. The fourth-order valence-corrected chi connectivity index (χ4v) is 4.37. The minimum absolute atomic E-state index is 0.0929. The molecule has 0 atom stereocenters. The number of sulfonamides is 1. The van der Waals surface area contributed by atoms with Crippen LogP contribution >= 0.6 is 0 Å². The Bertz CT molecular complexity index is 741. The van der Waals surface area contributed by atoms with Crippen molar-refractivity contribution in [1.29, 1.82) is 0 Å². The topological polar surface area (TPSA) is 97.2 Å². The molecule has 8 nitrogen and oxygen atoms in total. The molecule has 27 heavy (non-hydrogen) atoms. The minimum Gasteiger partial charge on any atom is -0.469 e. The molecule has 150 valence electrons. The van der Waals surface area contributed by atoms with Crippen molar-refractivity contribution >= 4 is 21.9 Å². The first-order chi connectivity index (χ1) is 12.8. The van der Waals surface area contributed by atoms with Crippen molar-refractivity contribution in [3.63, 3.8) is 0 Å². The van der Waals surface area contributed by atoms with Crippen molar-refractivity contribution in [2.45, 2.75) is 24.7 Å². The lowest BCUT2D eigenvalue weighted by atomic mass is 10.2. The summed E-state index contributed by atoms with van der Waals surface area (Å²) in [6, 6.07) is 6.84. The second-order valence-corrected chi connectivity index (χ2v) is 8.61. The Kier molecular flexibility index (Phi) is 7.76. The van der Waals surface area contributed by atoms with Crippen molar-refractivity contribution in [3.05, 3.63) is 29.8 Å². The highest BCUT2D eigenvalue weighted by atomic mass is 32.2. The summed E-state index contributed by atoms with van der Waals surface area (Å²) in [7, 11) is -2.15. The highest BCUT2D eigenvalue weighted by molar-refractivity contribution is 7.89. The van der Waals surface area contributed by atoms with Crippen LogP contribution in [-0.4, -0.2) is 71.0 Å². The van der Waals surface area contributed by atoms with Gasteiger partial charge in [0.1, 0.15) is 0 Å². The molecule has 0 aliphatic carbocycles. The van der Waals surface area contributed by atoms with E-state index in [-0.39, 0.29) is 18.3 Å². The largest absolute Gasteiger partial charge is 0.469 e. The quantitative estimate of drug-likeness (QED) is 0.430. The van der Waals surface area contributed by atoms with Gasteiger partial charge in [0.05, 0.1) is 38.2 Å². The van der Waals surface area contributed by atoms with Crippen molar-refractivity contribution < 1.29 is 27.6 Å². The molecule has 1 aromatic rings. The van der Waals surface area contributed by atoms with E-state index in [1.54, 1.807) is 24.3 Å². The number of hydrogen-bond acceptors (Lipinski definition) is 5. The van der Waals surface area contributed by atoms with Gasteiger partial charge in [0.15, 0.2) is 6.54 Å². The first kappa shape index (κ1) is 21.3. The van der Waals surface area contributed by atoms with Crippen LogP contribution in [0.15, 0.2) is 29.2 Å². The number of quaternary nitrogens is 1.